The highest BCUT2D eigenvalue weighted by Gasteiger charge is 2.38. The molecule has 1 aliphatic rings. The van der Waals surface area contributed by atoms with Gasteiger partial charge in [-0.15, -0.1) is 10.2 Å². The van der Waals surface area contributed by atoms with E-state index in [2.05, 4.69) is 25.9 Å². The second-order valence-electron chi connectivity index (χ2n) is 5.38. The largest absolute Gasteiger partial charge is 0.478 e. The number of aromatic amines is 1. The molecule has 1 aromatic heterocycles. The van der Waals surface area contributed by atoms with E-state index in [-0.39, 0.29) is 5.54 Å². The van der Waals surface area contributed by atoms with Gasteiger partial charge in [-0.3, -0.25) is 0 Å². The van der Waals surface area contributed by atoms with Crippen molar-refractivity contribution in [3.8, 4) is 0 Å². The number of nitrogens with zero attached hydrogens (tertiary/aromatic N) is 3. The van der Waals surface area contributed by atoms with Gasteiger partial charge in [0.1, 0.15) is 0 Å². The zero-order valence-electron chi connectivity index (χ0n) is 11.5. The highest BCUT2D eigenvalue weighted by atomic mass is 16.4. The summed E-state index contributed by atoms with van der Waals surface area (Å²) in [6.45, 7) is 0.579. The summed E-state index contributed by atoms with van der Waals surface area (Å²) in [4.78, 5) is 11.0. The number of carbonyl (C=O) groups is 1. The van der Waals surface area contributed by atoms with Gasteiger partial charge in [0, 0.05) is 6.54 Å². The Hall–Kier alpha value is -2.28. The maximum atomic E-state index is 11.0. The van der Waals surface area contributed by atoms with Gasteiger partial charge >= 0.3 is 5.97 Å². The molecule has 21 heavy (non-hydrogen) atoms. The lowest BCUT2D eigenvalue weighted by molar-refractivity contribution is 0.0696. The van der Waals surface area contributed by atoms with E-state index < -0.39 is 5.97 Å². The zero-order valence-corrected chi connectivity index (χ0v) is 11.5. The molecule has 7 nitrogen and oxygen atoms in total. The normalized spacial score (nSPS) is 17.0. The Balaban J connectivity index is 1.76. The number of rotatable bonds is 5. The molecule has 0 radical (unpaired) electrons. The number of H-pyrrole nitrogens is 1. The van der Waals surface area contributed by atoms with Crippen molar-refractivity contribution in [2.75, 3.05) is 0 Å². The number of carboxylic acid groups (broad SMARTS) is 1. The van der Waals surface area contributed by atoms with E-state index in [4.69, 9.17) is 5.11 Å². The van der Waals surface area contributed by atoms with Crippen LogP contribution < -0.4 is 5.32 Å². The van der Waals surface area contributed by atoms with E-state index in [9.17, 15) is 4.79 Å². The molecule has 0 aliphatic heterocycles. The van der Waals surface area contributed by atoms with Gasteiger partial charge in [-0.1, -0.05) is 30.2 Å². The van der Waals surface area contributed by atoms with Crippen molar-refractivity contribution < 1.29 is 9.90 Å². The molecular formula is C14H17N5O2. The van der Waals surface area contributed by atoms with Crippen LogP contribution in [0.15, 0.2) is 24.3 Å². The van der Waals surface area contributed by atoms with Crippen molar-refractivity contribution in [2.45, 2.75) is 37.8 Å². The summed E-state index contributed by atoms with van der Waals surface area (Å²) in [7, 11) is 0. The SMILES string of the molecule is O=C(O)c1cccc(CNC2(c3nn[nH]n3)CCCC2)c1. The minimum atomic E-state index is -0.911. The molecule has 1 fully saturated rings. The first-order valence-electron chi connectivity index (χ1n) is 7.01. The third kappa shape index (κ3) is 2.78. The summed E-state index contributed by atoms with van der Waals surface area (Å²) in [5.41, 5.74) is 0.977. The van der Waals surface area contributed by atoms with Crippen molar-refractivity contribution >= 4 is 5.97 Å². The second kappa shape index (κ2) is 5.61. The van der Waals surface area contributed by atoms with Crippen LogP contribution in [0.5, 0.6) is 0 Å². The molecule has 1 aromatic carbocycles. The molecule has 1 saturated carbocycles. The van der Waals surface area contributed by atoms with Crippen LogP contribution in [-0.4, -0.2) is 31.7 Å². The lowest BCUT2D eigenvalue weighted by Gasteiger charge is -2.26. The van der Waals surface area contributed by atoms with Crippen LogP contribution in [0.2, 0.25) is 0 Å². The van der Waals surface area contributed by atoms with E-state index in [0.29, 0.717) is 17.9 Å². The lowest BCUT2D eigenvalue weighted by atomic mass is 9.96. The van der Waals surface area contributed by atoms with Crippen LogP contribution in [0, 0.1) is 0 Å². The van der Waals surface area contributed by atoms with E-state index in [1.807, 2.05) is 6.07 Å². The quantitative estimate of drug-likeness (QED) is 0.769. The Labute approximate surface area is 121 Å². The maximum Gasteiger partial charge on any atom is 0.335 e. The summed E-state index contributed by atoms with van der Waals surface area (Å²) in [6.07, 6.45) is 4.17. The van der Waals surface area contributed by atoms with Crippen LogP contribution in [0.1, 0.15) is 47.4 Å². The Bertz CT molecular complexity index is 620. The van der Waals surface area contributed by atoms with Gasteiger partial charge in [-0.25, -0.2) is 4.79 Å². The highest BCUT2D eigenvalue weighted by Crippen LogP contribution is 2.36. The van der Waals surface area contributed by atoms with E-state index >= 15 is 0 Å². The number of hydrogen-bond donors (Lipinski definition) is 3. The van der Waals surface area contributed by atoms with Gasteiger partial charge in [0.15, 0.2) is 5.82 Å². The fourth-order valence-corrected chi connectivity index (χ4v) is 2.91. The van der Waals surface area contributed by atoms with E-state index in [1.165, 1.54) is 0 Å². The predicted molar refractivity (Wildman–Crippen MR) is 74.6 cm³/mol. The monoisotopic (exact) mass is 287 g/mol. The maximum absolute atomic E-state index is 11.0. The summed E-state index contributed by atoms with van der Waals surface area (Å²) < 4.78 is 0. The van der Waals surface area contributed by atoms with Crippen LogP contribution in [0.25, 0.3) is 0 Å². The number of aromatic carboxylic acids is 1. The lowest BCUT2D eigenvalue weighted by Crippen LogP contribution is -2.40. The molecule has 2 aromatic rings. The molecule has 0 bridgehead atoms. The minimum absolute atomic E-state index is 0.258. The fraction of sp³-hybridized carbons (Fsp3) is 0.429. The Morgan fingerprint density at radius 2 is 2.19 bits per heavy atom. The molecule has 110 valence electrons. The standard InChI is InChI=1S/C14H17N5O2/c20-12(21)11-5-3-4-10(8-11)9-15-14(6-1-2-7-14)13-16-18-19-17-13/h3-5,8,15H,1-2,6-7,9H2,(H,20,21)(H,16,17,18,19). The molecule has 1 aliphatic carbocycles. The van der Waals surface area contributed by atoms with E-state index in [1.54, 1.807) is 18.2 Å². The Kier molecular flexibility index (Phi) is 3.66. The molecule has 0 atom stereocenters. The van der Waals surface area contributed by atoms with Crippen molar-refractivity contribution in [1.29, 1.82) is 0 Å². The number of aromatic nitrogens is 4. The molecule has 3 N–H and O–H groups in total. The molecule has 0 saturated heterocycles. The van der Waals surface area contributed by atoms with E-state index in [0.717, 1.165) is 31.2 Å². The van der Waals surface area contributed by atoms with Gasteiger partial charge in [-0.05, 0) is 30.5 Å². The number of nitrogens with one attached hydrogen (secondary N) is 2. The molecule has 3 rings (SSSR count). The van der Waals surface area contributed by atoms with Gasteiger partial charge in [0.05, 0.1) is 11.1 Å². The summed E-state index contributed by atoms with van der Waals surface area (Å²) in [6, 6.07) is 6.96. The van der Waals surface area contributed by atoms with Crippen molar-refractivity contribution in [2.24, 2.45) is 0 Å². The van der Waals surface area contributed by atoms with Crippen LogP contribution >= 0.6 is 0 Å². The summed E-state index contributed by atoms with van der Waals surface area (Å²) >= 11 is 0. The van der Waals surface area contributed by atoms with Gasteiger partial charge in [0.2, 0.25) is 0 Å². The number of benzene rings is 1. The van der Waals surface area contributed by atoms with Crippen molar-refractivity contribution in [3.05, 3.63) is 41.2 Å². The predicted octanol–water partition coefficient (Wildman–Crippen LogP) is 1.46. The highest BCUT2D eigenvalue weighted by molar-refractivity contribution is 5.87. The number of carboxylic acids is 1. The number of tetrazole rings is 1. The van der Waals surface area contributed by atoms with Gasteiger partial charge < -0.3 is 10.4 Å². The first-order valence-corrected chi connectivity index (χ1v) is 7.01. The average molecular weight is 287 g/mol. The van der Waals surface area contributed by atoms with Crippen LogP contribution in [0.4, 0.5) is 0 Å². The molecule has 0 spiro atoms. The minimum Gasteiger partial charge on any atom is -0.478 e. The average Bonchev–Trinajstić information content (AvgIpc) is 3.17. The second-order valence-corrected chi connectivity index (χ2v) is 5.38. The Morgan fingerprint density at radius 3 is 2.86 bits per heavy atom. The number of hydrogen-bond acceptors (Lipinski definition) is 5. The first-order chi connectivity index (χ1) is 10.2. The smallest absolute Gasteiger partial charge is 0.335 e. The molecule has 0 unspecified atom stereocenters. The molecular weight excluding hydrogens is 270 g/mol. The molecule has 0 amide bonds. The van der Waals surface area contributed by atoms with Crippen LogP contribution in [0.3, 0.4) is 0 Å². The first kappa shape index (κ1) is 13.7. The third-order valence-electron chi connectivity index (χ3n) is 4.04. The summed E-state index contributed by atoms with van der Waals surface area (Å²) in [5.74, 6) is -0.222. The van der Waals surface area contributed by atoms with Gasteiger partial charge in [-0.2, -0.15) is 5.21 Å². The third-order valence-corrected chi connectivity index (χ3v) is 4.04. The van der Waals surface area contributed by atoms with Gasteiger partial charge in [0.25, 0.3) is 0 Å². The van der Waals surface area contributed by atoms with Crippen molar-refractivity contribution in [1.82, 2.24) is 25.9 Å². The summed E-state index contributed by atoms with van der Waals surface area (Å²) in [5, 5.41) is 26.9. The van der Waals surface area contributed by atoms with Crippen LogP contribution in [-0.2, 0) is 12.1 Å². The molecule has 7 heteroatoms. The topological polar surface area (TPSA) is 104 Å². The van der Waals surface area contributed by atoms with Crippen molar-refractivity contribution in [3.63, 3.8) is 0 Å². The Morgan fingerprint density at radius 1 is 1.38 bits per heavy atom. The zero-order chi connectivity index (χ0) is 14.7. The fourth-order valence-electron chi connectivity index (χ4n) is 2.91. The molecule has 1 heterocycles.